The van der Waals surface area contributed by atoms with E-state index < -0.39 is 5.97 Å². The summed E-state index contributed by atoms with van der Waals surface area (Å²) in [6.07, 6.45) is 0. The maximum absolute atomic E-state index is 11.7. The van der Waals surface area contributed by atoms with Crippen molar-refractivity contribution in [2.75, 3.05) is 0 Å². The second-order valence-corrected chi connectivity index (χ2v) is 4.71. The monoisotopic (exact) mass is 296 g/mol. The molecule has 0 aliphatic carbocycles. The van der Waals surface area contributed by atoms with Gasteiger partial charge in [0.05, 0.1) is 5.56 Å². The Bertz CT molecular complexity index is 611. The molecule has 0 fully saturated rings. The standard InChI is InChI=1S/C14H10Cl2O3/c15-11-5-4-10(13(16)7-11)8-19-14(18)9-2-1-3-12(17)6-9/h1-7,17H,8H2. The van der Waals surface area contributed by atoms with E-state index in [0.29, 0.717) is 15.6 Å². The van der Waals surface area contributed by atoms with E-state index >= 15 is 0 Å². The number of aromatic hydroxyl groups is 1. The van der Waals surface area contributed by atoms with Gasteiger partial charge in [-0.1, -0.05) is 35.3 Å². The number of esters is 1. The smallest absolute Gasteiger partial charge is 0.338 e. The van der Waals surface area contributed by atoms with E-state index in [1.54, 1.807) is 30.3 Å². The summed E-state index contributed by atoms with van der Waals surface area (Å²) in [6, 6.07) is 10.9. The van der Waals surface area contributed by atoms with Crippen LogP contribution in [-0.4, -0.2) is 11.1 Å². The van der Waals surface area contributed by atoms with Gasteiger partial charge in [0.15, 0.2) is 0 Å². The maximum atomic E-state index is 11.7. The molecule has 0 amide bonds. The van der Waals surface area contributed by atoms with E-state index in [4.69, 9.17) is 27.9 Å². The van der Waals surface area contributed by atoms with Gasteiger partial charge in [-0.15, -0.1) is 0 Å². The summed E-state index contributed by atoms with van der Waals surface area (Å²) in [5.74, 6) is -0.513. The second kappa shape index (κ2) is 5.95. The van der Waals surface area contributed by atoms with E-state index in [9.17, 15) is 9.90 Å². The second-order valence-electron chi connectivity index (χ2n) is 3.86. The summed E-state index contributed by atoms with van der Waals surface area (Å²) in [5.41, 5.74) is 0.949. The first kappa shape index (κ1) is 13.7. The Morgan fingerprint density at radius 1 is 1.16 bits per heavy atom. The van der Waals surface area contributed by atoms with Gasteiger partial charge in [-0.3, -0.25) is 0 Å². The van der Waals surface area contributed by atoms with Crippen LogP contribution in [0.2, 0.25) is 10.0 Å². The number of phenols is 1. The third-order valence-electron chi connectivity index (χ3n) is 2.46. The van der Waals surface area contributed by atoms with Crippen molar-refractivity contribution in [3.63, 3.8) is 0 Å². The van der Waals surface area contributed by atoms with Gasteiger partial charge in [0.2, 0.25) is 0 Å². The molecule has 0 radical (unpaired) electrons. The van der Waals surface area contributed by atoms with E-state index in [1.807, 2.05) is 0 Å². The number of hydrogen-bond acceptors (Lipinski definition) is 3. The Morgan fingerprint density at radius 2 is 1.95 bits per heavy atom. The number of carbonyl (C=O) groups excluding carboxylic acids is 1. The zero-order chi connectivity index (χ0) is 13.8. The SMILES string of the molecule is O=C(OCc1ccc(Cl)cc1Cl)c1cccc(O)c1. The van der Waals surface area contributed by atoms with Gasteiger partial charge in [-0.25, -0.2) is 4.79 Å². The molecular weight excluding hydrogens is 287 g/mol. The zero-order valence-corrected chi connectivity index (χ0v) is 11.3. The fourth-order valence-electron chi connectivity index (χ4n) is 1.50. The maximum Gasteiger partial charge on any atom is 0.338 e. The molecule has 19 heavy (non-hydrogen) atoms. The minimum absolute atomic E-state index is 0.0129. The van der Waals surface area contributed by atoms with Gasteiger partial charge in [-0.05, 0) is 30.3 Å². The van der Waals surface area contributed by atoms with Crippen molar-refractivity contribution in [1.29, 1.82) is 0 Å². The molecule has 0 saturated carbocycles. The van der Waals surface area contributed by atoms with Crippen LogP contribution in [0.15, 0.2) is 42.5 Å². The van der Waals surface area contributed by atoms with Crippen LogP contribution in [-0.2, 0) is 11.3 Å². The average Bonchev–Trinajstić information content (AvgIpc) is 2.37. The van der Waals surface area contributed by atoms with Gasteiger partial charge < -0.3 is 9.84 Å². The van der Waals surface area contributed by atoms with E-state index in [2.05, 4.69) is 0 Å². The van der Waals surface area contributed by atoms with Crippen LogP contribution in [0.4, 0.5) is 0 Å². The van der Waals surface area contributed by atoms with Crippen molar-refractivity contribution >= 4 is 29.2 Å². The topological polar surface area (TPSA) is 46.5 Å². The van der Waals surface area contributed by atoms with Crippen LogP contribution in [0.1, 0.15) is 15.9 Å². The van der Waals surface area contributed by atoms with Gasteiger partial charge >= 0.3 is 5.97 Å². The Hall–Kier alpha value is -1.71. The van der Waals surface area contributed by atoms with Gasteiger partial charge in [0, 0.05) is 15.6 Å². The molecule has 0 aliphatic heterocycles. The molecule has 0 unspecified atom stereocenters. The molecule has 0 saturated heterocycles. The first-order valence-electron chi connectivity index (χ1n) is 5.46. The molecule has 0 aromatic heterocycles. The van der Waals surface area contributed by atoms with Crippen molar-refractivity contribution in [2.24, 2.45) is 0 Å². The minimum Gasteiger partial charge on any atom is -0.508 e. The van der Waals surface area contributed by atoms with Crippen molar-refractivity contribution in [1.82, 2.24) is 0 Å². The molecule has 5 heteroatoms. The summed E-state index contributed by atoms with van der Waals surface area (Å²) in [6.45, 7) is 0.0461. The number of benzene rings is 2. The summed E-state index contributed by atoms with van der Waals surface area (Å²) < 4.78 is 5.11. The quantitative estimate of drug-likeness (QED) is 0.869. The van der Waals surface area contributed by atoms with Crippen LogP contribution >= 0.6 is 23.2 Å². The van der Waals surface area contributed by atoms with Crippen molar-refractivity contribution in [3.8, 4) is 5.75 Å². The zero-order valence-electron chi connectivity index (χ0n) is 9.77. The molecule has 3 nitrogen and oxygen atoms in total. The number of hydrogen-bond donors (Lipinski definition) is 1. The van der Waals surface area contributed by atoms with Crippen LogP contribution in [0.5, 0.6) is 5.75 Å². The summed E-state index contributed by atoms with van der Waals surface area (Å²) >= 11 is 11.7. The Morgan fingerprint density at radius 3 is 2.63 bits per heavy atom. The summed E-state index contributed by atoms with van der Waals surface area (Å²) in [7, 11) is 0. The molecule has 1 N–H and O–H groups in total. The lowest BCUT2D eigenvalue weighted by atomic mass is 10.2. The van der Waals surface area contributed by atoms with Crippen LogP contribution < -0.4 is 0 Å². The fraction of sp³-hybridized carbons (Fsp3) is 0.0714. The lowest BCUT2D eigenvalue weighted by Crippen LogP contribution is -2.05. The number of halogens is 2. The number of ether oxygens (including phenoxy) is 1. The lowest BCUT2D eigenvalue weighted by Gasteiger charge is -2.07. The summed E-state index contributed by atoms with van der Waals surface area (Å²) in [4.78, 5) is 11.7. The van der Waals surface area contributed by atoms with Crippen molar-refractivity contribution in [3.05, 3.63) is 63.6 Å². The highest BCUT2D eigenvalue weighted by Gasteiger charge is 2.09. The van der Waals surface area contributed by atoms with Crippen molar-refractivity contribution < 1.29 is 14.6 Å². The molecule has 0 atom stereocenters. The van der Waals surface area contributed by atoms with Gasteiger partial charge in [0.25, 0.3) is 0 Å². The molecule has 0 heterocycles. The molecular formula is C14H10Cl2O3. The van der Waals surface area contributed by atoms with Crippen molar-refractivity contribution in [2.45, 2.75) is 6.61 Å². The Kier molecular flexibility index (Phi) is 4.30. The predicted octanol–water partition coefficient (Wildman–Crippen LogP) is 4.06. The molecule has 0 spiro atoms. The Labute approximate surface area is 120 Å². The highest BCUT2D eigenvalue weighted by molar-refractivity contribution is 6.35. The largest absolute Gasteiger partial charge is 0.508 e. The molecule has 2 aromatic rings. The molecule has 98 valence electrons. The third kappa shape index (κ3) is 3.63. The van der Waals surface area contributed by atoms with E-state index in [-0.39, 0.29) is 17.9 Å². The Balaban J connectivity index is 2.04. The molecule has 2 aromatic carbocycles. The van der Waals surface area contributed by atoms with Crippen LogP contribution in [0.3, 0.4) is 0 Å². The normalized spacial score (nSPS) is 10.2. The highest BCUT2D eigenvalue weighted by Crippen LogP contribution is 2.22. The summed E-state index contributed by atoms with van der Waals surface area (Å²) in [5, 5.41) is 10.2. The van der Waals surface area contributed by atoms with E-state index in [1.165, 1.54) is 12.1 Å². The number of phenolic OH excluding ortho intramolecular Hbond substituents is 1. The first-order chi connectivity index (χ1) is 9.06. The third-order valence-corrected chi connectivity index (χ3v) is 3.04. The predicted molar refractivity (Wildman–Crippen MR) is 73.7 cm³/mol. The fourth-order valence-corrected chi connectivity index (χ4v) is 1.96. The van der Waals surface area contributed by atoms with Gasteiger partial charge in [-0.2, -0.15) is 0 Å². The highest BCUT2D eigenvalue weighted by atomic mass is 35.5. The molecule has 0 aliphatic rings. The lowest BCUT2D eigenvalue weighted by molar-refractivity contribution is 0.0472. The number of rotatable bonds is 3. The average molecular weight is 297 g/mol. The minimum atomic E-state index is -0.526. The van der Waals surface area contributed by atoms with E-state index in [0.717, 1.165) is 0 Å². The van der Waals surface area contributed by atoms with Crippen LogP contribution in [0, 0.1) is 0 Å². The molecule has 0 bridgehead atoms. The van der Waals surface area contributed by atoms with Gasteiger partial charge in [0.1, 0.15) is 12.4 Å². The van der Waals surface area contributed by atoms with Crippen LogP contribution in [0.25, 0.3) is 0 Å². The molecule has 2 rings (SSSR count). The first-order valence-corrected chi connectivity index (χ1v) is 6.22. The number of carbonyl (C=O) groups is 1.